The Balaban J connectivity index is 1.08. The summed E-state index contributed by atoms with van der Waals surface area (Å²) < 4.78 is 2.26. The van der Waals surface area contributed by atoms with Crippen molar-refractivity contribution in [3.05, 3.63) is 188 Å². The van der Waals surface area contributed by atoms with Gasteiger partial charge in [-0.2, -0.15) is 0 Å². The minimum absolute atomic E-state index is 0.570. The SMILES string of the molecule is c1ccc(-c2nc(-c3ccc(-c4nc(-c5ccc(-c6ccccn6)cc5)nc(-c5ccc(-c6ccccn6)cc5)n4)c4ccccc34)nc3c2sc2ccccc23)cc1. The van der Waals surface area contributed by atoms with Gasteiger partial charge in [0.2, 0.25) is 0 Å². The van der Waals surface area contributed by atoms with Crippen LogP contribution >= 0.6 is 11.3 Å². The Morgan fingerprint density at radius 2 is 0.797 bits per heavy atom. The van der Waals surface area contributed by atoms with Crippen LogP contribution < -0.4 is 0 Å². The number of rotatable bonds is 7. The number of hydrogen-bond donors (Lipinski definition) is 0. The van der Waals surface area contributed by atoms with Gasteiger partial charge in [-0.15, -0.1) is 11.3 Å². The topological polar surface area (TPSA) is 90.2 Å². The molecule has 0 saturated heterocycles. The first-order chi connectivity index (χ1) is 29.2. The molecule has 0 spiro atoms. The van der Waals surface area contributed by atoms with E-state index >= 15 is 0 Å². The molecule has 276 valence electrons. The van der Waals surface area contributed by atoms with Crippen molar-refractivity contribution in [2.45, 2.75) is 0 Å². The molecule has 0 aliphatic rings. The summed E-state index contributed by atoms with van der Waals surface area (Å²) in [6.45, 7) is 0. The second kappa shape index (κ2) is 14.6. The van der Waals surface area contributed by atoms with E-state index in [2.05, 4.69) is 119 Å². The number of pyridine rings is 2. The molecule has 0 fully saturated rings. The molecule has 0 saturated carbocycles. The molecule has 11 rings (SSSR count). The summed E-state index contributed by atoms with van der Waals surface area (Å²) in [7, 11) is 0. The third-order valence-electron chi connectivity index (χ3n) is 10.5. The Bertz CT molecular complexity index is 3200. The number of benzene rings is 6. The first-order valence-corrected chi connectivity index (χ1v) is 20.1. The van der Waals surface area contributed by atoms with Gasteiger partial charge in [-0.05, 0) is 53.2 Å². The van der Waals surface area contributed by atoms with Gasteiger partial charge < -0.3 is 0 Å². The summed E-state index contributed by atoms with van der Waals surface area (Å²) in [5.41, 5.74) is 10.3. The molecule has 5 heterocycles. The number of thiophene rings is 1. The fourth-order valence-electron chi connectivity index (χ4n) is 7.59. The first kappa shape index (κ1) is 34.4. The lowest BCUT2D eigenvalue weighted by Crippen LogP contribution is -2.01. The fourth-order valence-corrected chi connectivity index (χ4v) is 8.75. The Hall–Kier alpha value is -7.81. The molecule has 11 aromatic rings. The minimum atomic E-state index is 0.570. The van der Waals surface area contributed by atoms with Crippen LogP contribution in [0.3, 0.4) is 0 Å². The van der Waals surface area contributed by atoms with Gasteiger partial charge in [0.05, 0.1) is 27.3 Å². The van der Waals surface area contributed by atoms with Crippen molar-refractivity contribution < 1.29 is 0 Å². The van der Waals surface area contributed by atoms with Crippen molar-refractivity contribution in [3.63, 3.8) is 0 Å². The normalized spacial score (nSPS) is 11.4. The molecule has 5 aromatic heterocycles. The molecular formula is C51H31N7S. The predicted octanol–water partition coefficient (Wildman–Crippen LogP) is 12.6. The summed E-state index contributed by atoms with van der Waals surface area (Å²) in [6.07, 6.45) is 3.61. The van der Waals surface area contributed by atoms with Crippen LogP contribution in [0.5, 0.6) is 0 Å². The van der Waals surface area contributed by atoms with Gasteiger partial charge in [-0.25, -0.2) is 24.9 Å². The van der Waals surface area contributed by atoms with Gasteiger partial charge in [0.25, 0.3) is 0 Å². The molecule has 8 heteroatoms. The lowest BCUT2D eigenvalue weighted by molar-refractivity contribution is 1.08. The fraction of sp³-hybridized carbons (Fsp3) is 0. The van der Waals surface area contributed by atoms with E-state index in [1.165, 1.54) is 4.70 Å². The van der Waals surface area contributed by atoms with Crippen molar-refractivity contribution in [2.24, 2.45) is 0 Å². The van der Waals surface area contributed by atoms with Crippen LogP contribution in [0, 0.1) is 0 Å². The third-order valence-corrected chi connectivity index (χ3v) is 11.7. The summed E-state index contributed by atoms with van der Waals surface area (Å²) in [6, 6.07) is 59.7. The lowest BCUT2D eigenvalue weighted by Gasteiger charge is -2.13. The standard InChI is InChI=1S/C51H31N7S/c1-2-12-34(13-3-1)45-47-46(41-16-6-7-19-44(41)59-47)55-50(54-45)39-28-29-40(38-15-5-4-14-37(38)39)51-57-48(35-24-20-32(21-25-35)42-17-8-10-30-52-42)56-49(58-51)36-26-22-33(23-27-36)43-18-9-11-31-53-43/h1-31H. The molecule has 0 N–H and O–H groups in total. The Kier molecular flexibility index (Phi) is 8.52. The maximum absolute atomic E-state index is 5.30. The van der Waals surface area contributed by atoms with Crippen LogP contribution in [0.25, 0.3) is 110 Å². The highest BCUT2D eigenvalue weighted by molar-refractivity contribution is 7.26. The minimum Gasteiger partial charge on any atom is -0.256 e. The molecule has 59 heavy (non-hydrogen) atoms. The number of nitrogens with zero attached hydrogens (tertiary/aromatic N) is 7. The summed E-state index contributed by atoms with van der Waals surface area (Å²) >= 11 is 1.73. The van der Waals surface area contributed by atoms with E-state index in [1.807, 2.05) is 66.7 Å². The zero-order chi connectivity index (χ0) is 39.1. The highest BCUT2D eigenvalue weighted by atomic mass is 32.1. The van der Waals surface area contributed by atoms with E-state index in [4.69, 9.17) is 24.9 Å². The van der Waals surface area contributed by atoms with Crippen molar-refractivity contribution >= 4 is 42.4 Å². The van der Waals surface area contributed by atoms with Crippen molar-refractivity contribution in [1.82, 2.24) is 34.9 Å². The summed E-state index contributed by atoms with van der Waals surface area (Å²) in [5.74, 6) is 2.39. The molecular weight excluding hydrogens is 743 g/mol. The zero-order valence-corrected chi connectivity index (χ0v) is 32.3. The van der Waals surface area contributed by atoms with Gasteiger partial charge in [-0.3, -0.25) is 9.97 Å². The molecule has 0 aliphatic carbocycles. The smallest absolute Gasteiger partial charge is 0.164 e. The number of hydrogen-bond acceptors (Lipinski definition) is 8. The van der Waals surface area contributed by atoms with Crippen LogP contribution in [0.15, 0.2) is 188 Å². The maximum atomic E-state index is 5.30. The van der Waals surface area contributed by atoms with E-state index < -0.39 is 0 Å². The molecule has 0 bridgehead atoms. The van der Waals surface area contributed by atoms with Crippen LogP contribution in [-0.4, -0.2) is 34.9 Å². The molecule has 0 amide bonds. The number of aromatic nitrogens is 7. The Morgan fingerprint density at radius 3 is 1.36 bits per heavy atom. The van der Waals surface area contributed by atoms with Crippen LogP contribution in [-0.2, 0) is 0 Å². The Morgan fingerprint density at radius 1 is 0.322 bits per heavy atom. The molecule has 0 radical (unpaired) electrons. The quantitative estimate of drug-likeness (QED) is 0.159. The first-order valence-electron chi connectivity index (χ1n) is 19.3. The van der Waals surface area contributed by atoms with Crippen molar-refractivity contribution in [3.8, 4) is 79.3 Å². The number of fused-ring (bicyclic) bond motifs is 4. The van der Waals surface area contributed by atoms with Gasteiger partial charge in [0.1, 0.15) is 0 Å². The molecule has 0 atom stereocenters. The summed E-state index contributed by atoms with van der Waals surface area (Å²) in [5, 5.41) is 3.12. The maximum Gasteiger partial charge on any atom is 0.164 e. The van der Waals surface area contributed by atoms with Crippen LogP contribution in [0.4, 0.5) is 0 Å². The Labute approximate surface area is 343 Å². The van der Waals surface area contributed by atoms with Crippen LogP contribution in [0.1, 0.15) is 0 Å². The van der Waals surface area contributed by atoms with E-state index in [-0.39, 0.29) is 0 Å². The average Bonchev–Trinajstić information content (AvgIpc) is 3.70. The molecule has 7 nitrogen and oxygen atoms in total. The van der Waals surface area contributed by atoms with E-state index in [1.54, 1.807) is 23.7 Å². The van der Waals surface area contributed by atoms with Gasteiger partial charge >= 0.3 is 0 Å². The molecule has 6 aromatic carbocycles. The summed E-state index contributed by atoms with van der Waals surface area (Å²) in [4.78, 5) is 35.1. The monoisotopic (exact) mass is 773 g/mol. The van der Waals surface area contributed by atoms with Crippen molar-refractivity contribution in [2.75, 3.05) is 0 Å². The van der Waals surface area contributed by atoms with E-state index in [0.717, 1.165) is 82.4 Å². The second-order valence-electron chi connectivity index (χ2n) is 14.1. The highest BCUT2D eigenvalue weighted by Crippen LogP contribution is 2.41. The van der Waals surface area contributed by atoms with Gasteiger partial charge in [-0.1, -0.05) is 133 Å². The van der Waals surface area contributed by atoms with Crippen LogP contribution in [0.2, 0.25) is 0 Å². The van der Waals surface area contributed by atoms with E-state index in [9.17, 15) is 0 Å². The molecule has 0 aliphatic heterocycles. The average molecular weight is 774 g/mol. The zero-order valence-electron chi connectivity index (χ0n) is 31.4. The predicted molar refractivity (Wildman–Crippen MR) is 239 cm³/mol. The van der Waals surface area contributed by atoms with Gasteiger partial charge in [0.15, 0.2) is 23.3 Å². The van der Waals surface area contributed by atoms with Crippen molar-refractivity contribution in [1.29, 1.82) is 0 Å². The highest BCUT2D eigenvalue weighted by Gasteiger charge is 2.20. The van der Waals surface area contributed by atoms with E-state index in [0.29, 0.717) is 23.3 Å². The third kappa shape index (κ3) is 6.38. The van der Waals surface area contributed by atoms with Gasteiger partial charge in [0, 0.05) is 61.4 Å². The second-order valence-corrected chi connectivity index (χ2v) is 15.2. The largest absolute Gasteiger partial charge is 0.256 e. The lowest BCUT2D eigenvalue weighted by atomic mass is 9.98. The molecule has 0 unspecified atom stereocenters.